The van der Waals surface area contributed by atoms with Crippen molar-refractivity contribution in [1.29, 1.82) is 0 Å². The zero-order valence-electron chi connectivity index (χ0n) is 20.3. The maximum Gasteiger partial charge on any atom is 0.421 e. The Hall–Kier alpha value is -3.41. The first-order valence-electron chi connectivity index (χ1n) is 11.9. The Morgan fingerprint density at radius 3 is 2.39 bits per heavy atom. The minimum Gasteiger partial charge on any atom is -0.369 e. The van der Waals surface area contributed by atoms with Gasteiger partial charge >= 0.3 is 6.18 Å². The number of alkyl halides is 3. The smallest absolute Gasteiger partial charge is 0.369 e. The summed E-state index contributed by atoms with van der Waals surface area (Å²) in [7, 11) is 3.64. The lowest BCUT2D eigenvalue weighted by atomic mass is 10.0. The van der Waals surface area contributed by atoms with Gasteiger partial charge < -0.3 is 25.8 Å². The molecule has 2 fully saturated rings. The number of nitrogens with zero attached hydrogens (tertiary/aromatic N) is 5. The number of piperazine rings is 1. The normalized spacial score (nSPS) is 20.9. The van der Waals surface area contributed by atoms with Crippen molar-refractivity contribution in [2.75, 3.05) is 50.5 Å². The van der Waals surface area contributed by atoms with E-state index in [0.29, 0.717) is 43.6 Å². The molecule has 1 aromatic heterocycles. The van der Waals surface area contributed by atoms with Gasteiger partial charge in [0.05, 0.1) is 5.92 Å². The number of carbonyl (C=O) groups excluding carboxylic acids is 2. The number of primary amides is 1. The topological polar surface area (TPSA) is 108 Å². The molecule has 0 bridgehead atoms. The summed E-state index contributed by atoms with van der Waals surface area (Å²) in [6.07, 6.45) is -2.22. The molecule has 36 heavy (non-hydrogen) atoms. The molecule has 1 aliphatic heterocycles. The summed E-state index contributed by atoms with van der Waals surface area (Å²) in [4.78, 5) is 38.1. The fraction of sp³-hybridized carbons (Fsp3) is 0.500. The molecule has 9 nitrogen and oxygen atoms in total. The van der Waals surface area contributed by atoms with Gasteiger partial charge in [-0.3, -0.25) is 9.59 Å². The standard InChI is InChI=1S/C24H30F3N7O2/c1-32-10-12-34(13-11-32)22(36)15-6-8-16(9-7-15)33(2)23-29-14-18(24(25,26)27)21(31-23)30-19-5-3-4-17(19)20(28)35/h6-9,14,17,19H,3-5,10-13H2,1-2H3,(H2,28,35)(H,29,30,31)/t17-,19+/m0/s1. The van der Waals surface area contributed by atoms with Crippen molar-refractivity contribution in [3.63, 3.8) is 0 Å². The van der Waals surface area contributed by atoms with Crippen LogP contribution in [0.15, 0.2) is 30.5 Å². The van der Waals surface area contributed by atoms with Crippen LogP contribution in [0.3, 0.4) is 0 Å². The second-order valence-electron chi connectivity index (χ2n) is 9.32. The first-order chi connectivity index (χ1) is 17.0. The van der Waals surface area contributed by atoms with Gasteiger partial charge in [0.1, 0.15) is 11.4 Å². The largest absolute Gasteiger partial charge is 0.421 e. The molecule has 194 valence electrons. The Balaban J connectivity index is 1.54. The predicted octanol–water partition coefficient (Wildman–Crippen LogP) is 2.72. The van der Waals surface area contributed by atoms with E-state index in [0.717, 1.165) is 19.3 Å². The Morgan fingerprint density at radius 1 is 1.11 bits per heavy atom. The average Bonchev–Trinajstić information content (AvgIpc) is 3.31. The number of hydrogen-bond acceptors (Lipinski definition) is 7. The van der Waals surface area contributed by atoms with Gasteiger partial charge in [0.15, 0.2) is 0 Å². The van der Waals surface area contributed by atoms with Crippen LogP contribution in [0.1, 0.15) is 35.2 Å². The molecule has 1 aliphatic carbocycles. The van der Waals surface area contributed by atoms with E-state index in [1.807, 2.05) is 7.05 Å². The lowest BCUT2D eigenvalue weighted by Gasteiger charge is -2.32. The third-order valence-corrected chi connectivity index (χ3v) is 6.88. The Bertz CT molecular complexity index is 1100. The summed E-state index contributed by atoms with van der Waals surface area (Å²) in [5.41, 5.74) is 5.56. The molecule has 12 heteroatoms. The maximum atomic E-state index is 13.7. The van der Waals surface area contributed by atoms with E-state index in [1.165, 1.54) is 4.90 Å². The molecule has 0 spiro atoms. The van der Waals surface area contributed by atoms with Gasteiger partial charge in [0.2, 0.25) is 11.9 Å². The van der Waals surface area contributed by atoms with Crippen molar-refractivity contribution in [3.8, 4) is 0 Å². The molecule has 0 radical (unpaired) electrons. The first-order valence-corrected chi connectivity index (χ1v) is 11.9. The fourth-order valence-electron chi connectivity index (χ4n) is 4.64. The molecular weight excluding hydrogens is 475 g/mol. The van der Waals surface area contributed by atoms with Gasteiger partial charge in [-0.2, -0.15) is 18.2 Å². The summed E-state index contributed by atoms with van der Waals surface area (Å²) in [6.45, 7) is 2.94. The lowest BCUT2D eigenvalue weighted by Crippen LogP contribution is -2.47. The number of nitrogens with two attached hydrogens (primary N) is 1. The van der Waals surface area contributed by atoms with E-state index < -0.39 is 29.6 Å². The van der Waals surface area contributed by atoms with Crippen LogP contribution in [-0.4, -0.2) is 77.9 Å². The molecule has 1 saturated carbocycles. The van der Waals surface area contributed by atoms with Gasteiger partial charge in [-0.05, 0) is 44.2 Å². The van der Waals surface area contributed by atoms with Gasteiger partial charge in [-0.1, -0.05) is 6.42 Å². The monoisotopic (exact) mass is 505 g/mol. The number of anilines is 3. The third-order valence-electron chi connectivity index (χ3n) is 6.88. The second kappa shape index (κ2) is 10.3. The van der Waals surface area contributed by atoms with E-state index in [-0.39, 0.29) is 17.7 Å². The van der Waals surface area contributed by atoms with Crippen molar-refractivity contribution < 1.29 is 22.8 Å². The van der Waals surface area contributed by atoms with E-state index >= 15 is 0 Å². The van der Waals surface area contributed by atoms with E-state index in [4.69, 9.17) is 5.73 Å². The number of aromatic nitrogens is 2. The van der Waals surface area contributed by atoms with Crippen LogP contribution in [-0.2, 0) is 11.0 Å². The number of hydrogen-bond donors (Lipinski definition) is 2. The quantitative estimate of drug-likeness (QED) is 0.622. The number of amides is 2. The summed E-state index contributed by atoms with van der Waals surface area (Å²) in [5.74, 6) is -1.52. The SMILES string of the molecule is CN1CCN(C(=O)c2ccc(N(C)c3ncc(C(F)(F)F)c(N[C@@H]4CCC[C@@H]4C(N)=O)n3)cc2)CC1. The molecule has 4 rings (SSSR count). The molecule has 2 amide bonds. The van der Waals surface area contributed by atoms with Gasteiger partial charge in [0, 0.05) is 56.7 Å². The number of benzene rings is 1. The van der Waals surface area contributed by atoms with Gasteiger partial charge in [-0.15, -0.1) is 0 Å². The van der Waals surface area contributed by atoms with Crippen LogP contribution in [0.4, 0.5) is 30.6 Å². The number of carbonyl (C=O) groups is 2. The number of likely N-dealkylation sites (N-methyl/N-ethyl adjacent to an activating group) is 1. The highest BCUT2D eigenvalue weighted by atomic mass is 19.4. The average molecular weight is 506 g/mol. The summed E-state index contributed by atoms with van der Waals surface area (Å²) in [6, 6.07) is 6.25. The van der Waals surface area contributed by atoms with Gasteiger partial charge in [0.25, 0.3) is 5.91 Å². The highest BCUT2D eigenvalue weighted by Gasteiger charge is 2.38. The van der Waals surface area contributed by atoms with E-state index in [1.54, 1.807) is 36.2 Å². The number of nitrogens with one attached hydrogen (secondary N) is 1. The zero-order chi connectivity index (χ0) is 26.0. The maximum absolute atomic E-state index is 13.7. The van der Waals surface area contributed by atoms with Crippen LogP contribution in [0.5, 0.6) is 0 Å². The van der Waals surface area contributed by atoms with Crippen LogP contribution in [0, 0.1) is 5.92 Å². The van der Waals surface area contributed by atoms with E-state index in [2.05, 4.69) is 20.2 Å². The summed E-state index contributed by atoms with van der Waals surface area (Å²) >= 11 is 0. The van der Waals surface area contributed by atoms with Crippen molar-refractivity contribution in [3.05, 3.63) is 41.6 Å². The van der Waals surface area contributed by atoms with Crippen LogP contribution >= 0.6 is 0 Å². The lowest BCUT2D eigenvalue weighted by molar-refractivity contribution is -0.137. The highest BCUT2D eigenvalue weighted by Crippen LogP contribution is 2.37. The third kappa shape index (κ3) is 5.53. The molecule has 2 aliphatic rings. The molecule has 0 unspecified atom stereocenters. The molecule has 2 aromatic rings. The Kier molecular flexibility index (Phi) is 7.34. The van der Waals surface area contributed by atoms with Crippen molar-refractivity contribution >= 4 is 29.3 Å². The Morgan fingerprint density at radius 2 is 1.78 bits per heavy atom. The molecule has 1 saturated heterocycles. The number of rotatable bonds is 6. The predicted molar refractivity (Wildman–Crippen MR) is 129 cm³/mol. The van der Waals surface area contributed by atoms with E-state index in [9.17, 15) is 22.8 Å². The molecule has 2 heterocycles. The van der Waals surface area contributed by atoms with Crippen LogP contribution in [0.25, 0.3) is 0 Å². The summed E-state index contributed by atoms with van der Waals surface area (Å²) < 4.78 is 41.0. The van der Waals surface area contributed by atoms with Crippen LogP contribution in [0.2, 0.25) is 0 Å². The molecular formula is C24H30F3N7O2. The van der Waals surface area contributed by atoms with Crippen molar-refractivity contribution in [1.82, 2.24) is 19.8 Å². The number of halogens is 3. The fourth-order valence-corrected chi connectivity index (χ4v) is 4.64. The second-order valence-corrected chi connectivity index (χ2v) is 9.32. The molecule has 2 atom stereocenters. The first kappa shape index (κ1) is 25.7. The molecule has 1 aromatic carbocycles. The Labute approximate surface area is 207 Å². The van der Waals surface area contributed by atoms with Gasteiger partial charge in [-0.25, -0.2) is 4.98 Å². The zero-order valence-corrected chi connectivity index (χ0v) is 20.3. The highest BCUT2D eigenvalue weighted by molar-refractivity contribution is 5.94. The van der Waals surface area contributed by atoms with Crippen molar-refractivity contribution in [2.24, 2.45) is 11.7 Å². The minimum atomic E-state index is -4.68. The van der Waals surface area contributed by atoms with Crippen LogP contribution < -0.4 is 16.0 Å². The van der Waals surface area contributed by atoms with Crippen molar-refractivity contribution in [2.45, 2.75) is 31.5 Å². The molecule has 3 N–H and O–H groups in total. The summed E-state index contributed by atoms with van der Waals surface area (Å²) in [5, 5.41) is 2.81. The minimum absolute atomic E-state index is 0.0391.